The van der Waals surface area contributed by atoms with Gasteiger partial charge in [-0.1, -0.05) is 0 Å². The molecule has 0 bridgehead atoms. The van der Waals surface area contributed by atoms with Crippen molar-refractivity contribution in [3.8, 4) is 11.3 Å². The van der Waals surface area contributed by atoms with Gasteiger partial charge in [0, 0.05) is 16.0 Å². The summed E-state index contributed by atoms with van der Waals surface area (Å²) in [7, 11) is 0. The van der Waals surface area contributed by atoms with Gasteiger partial charge in [0.05, 0.1) is 29.6 Å². The zero-order valence-corrected chi connectivity index (χ0v) is 18.1. The van der Waals surface area contributed by atoms with Gasteiger partial charge in [-0.25, -0.2) is 9.37 Å². The molecule has 1 N–H and O–H groups in total. The van der Waals surface area contributed by atoms with Crippen LogP contribution in [0.1, 0.15) is 41.7 Å². The third-order valence-corrected chi connectivity index (χ3v) is 6.15. The highest BCUT2D eigenvalue weighted by molar-refractivity contribution is 7.16. The summed E-state index contributed by atoms with van der Waals surface area (Å²) in [4.78, 5) is 44.6. The summed E-state index contributed by atoms with van der Waals surface area (Å²) in [5.41, 5.74) is 2.03. The highest BCUT2D eigenvalue weighted by Gasteiger charge is 2.36. The molecule has 0 fully saturated rings. The summed E-state index contributed by atoms with van der Waals surface area (Å²) < 4.78 is 18.4. The number of thiazole rings is 1. The van der Waals surface area contributed by atoms with Gasteiger partial charge in [0.25, 0.3) is 17.7 Å². The van der Waals surface area contributed by atoms with Gasteiger partial charge in [-0.15, -0.1) is 11.3 Å². The third-order valence-electron chi connectivity index (χ3n) is 5.26. The number of fused-ring (bicyclic) bond motifs is 1. The van der Waals surface area contributed by atoms with Gasteiger partial charge in [-0.3, -0.25) is 24.6 Å². The quantitative estimate of drug-likeness (QED) is 0.427. The first-order valence-corrected chi connectivity index (χ1v) is 10.8. The lowest BCUT2D eigenvalue weighted by molar-refractivity contribution is 0.0631. The molecule has 164 valence electrons. The average molecular weight is 461 g/mol. The summed E-state index contributed by atoms with van der Waals surface area (Å²) in [6.45, 7) is 1.88. The Morgan fingerprint density at radius 1 is 1.09 bits per heavy atom. The number of aryl methyl sites for hydroxylation is 1. The van der Waals surface area contributed by atoms with Crippen molar-refractivity contribution in [3.63, 3.8) is 0 Å². The molecule has 2 aromatic heterocycles. The number of anilines is 1. The smallest absolute Gasteiger partial charge is 0.261 e. The number of nitrogens with one attached hydrogen (secondary N) is 1. The third kappa shape index (κ3) is 3.83. The summed E-state index contributed by atoms with van der Waals surface area (Å²) in [6.07, 6.45) is 1.47. The second-order valence-electron chi connectivity index (χ2n) is 7.42. The Bertz CT molecular complexity index is 1390. The number of amides is 3. The Hall–Kier alpha value is -4.11. The van der Waals surface area contributed by atoms with Crippen LogP contribution < -0.4 is 5.32 Å². The second-order valence-corrected chi connectivity index (χ2v) is 8.62. The lowest BCUT2D eigenvalue weighted by Crippen LogP contribution is -2.28. The molecule has 7 nitrogen and oxygen atoms in total. The molecule has 4 aromatic rings. The second kappa shape index (κ2) is 8.10. The summed E-state index contributed by atoms with van der Waals surface area (Å²) >= 11 is 1.29. The topological polar surface area (TPSA) is 92.5 Å². The number of furan rings is 1. The Labute approximate surface area is 191 Å². The van der Waals surface area contributed by atoms with Crippen LogP contribution in [0.5, 0.6) is 0 Å². The van der Waals surface area contributed by atoms with Crippen LogP contribution in [0.4, 0.5) is 9.52 Å². The highest BCUT2D eigenvalue weighted by atomic mass is 32.1. The molecule has 2 aromatic carbocycles. The van der Waals surface area contributed by atoms with Gasteiger partial charge in [0.15, 0.2) is 5.13 Å². The monoisotopic (exact) mass is 461 g/mol. The Morgan fingerprint density at radius 2 is 1.85 bits per heavy atom. The molecule has 0 saturated carbocycles. The van der Waals surface area contributed by atoms with Crippen molar-refractivity contribution in [2.45, 2.75) is 13.5 Å². The maximum Gasteiger partial charge on any atom is 0.261 e. The standard InChI is InChI=1S/C24H16FN3O4S/c1-13-20(14-4-7-16(25)8-5-14)26-24(33-13)27-21(29)15-6-9-18-19(11-15)23(31)28(22(18)30)12-17-3-2-10-32-17/h2-11H,12H2,1H3,(H,26,27,29). The first kappa shape index (κ1) is 20.8. The van der Waals surface area contributed by atoms with Crippen LogP contribution in [0.3, 0.4) is 0 Å². The van der Waals surface area contributed by atoms with Crippen molar-refractivity contribution in [2.24, 2.45) is 0 Å². The van der Waals surface area contributed by atoms with E-state index in [0.29, 0.717) is 16.6 Å². The zero-order valence-electron chi connectivity index (χ0n) is 17.3. The van der Waals surface area contributed by atoms with E-state index in [2.05, 4.69) is 10.3 Å². The molecule has 3 amide bonds. The van der Waals surface area contributed by atoms with Crippen molar-refractivity contribution in [1.82, 2.24) is 9.88 Å². The normalized spacial score (nSPS) is 12.8. The lowest BCUT2D eigenvalue weighted by Gasteiger charge is -2.11. The first-order chi connectivity index (χ1) is 15.9. The minimum atomic E-state index is -0.482. The molecule has 0 aliphatic carbocycles. The van der Waals surface area contributed by atoms with Crippen molar-refractivity contribution >= 4 is 34.2 Å². The molecule has 0 saturated heterocycles. The van der Waals surface area contributed by atoms with Crippen LogP contribution in [0, 0.1) is 12.7 Å². The molecule has 3 heterocycles. The minimum absolute atomic E-state index is 0.0193. The molecule has 0 unspecified atom stereocenters. The number of carbonyl (C=O) groups is 3. The number of imide groups is 1. The van der Waals surface area contributed by atoms with E-state index in [1.807, 2.05) is 6.92 Å². The van der Waals surface area contributed by atoms with E-state index < -0.39 is 17.7 Å². The van der Waals surface area contributed by atoms with Gasteiger partial charge >= 0.3 is 0 Å². The van der Waals surface area contributed by atoms with E-state index in [0.717, 1.165) is 15.3 Å². The van der Waals surface area contributed by atoms with Crippen LogP contribution in [0.25, 0.3) is 11.3 Å². The van der Waals surface area contributed by atoms with E-state index in [1.54, 1.807) is 24.3 Å². The van der Waals surface area contributed by atoms with E-state index in [4.69, 9.17) is 4.42 Å². The molecule has 0 atom stereocenters. The van der Waals surface area contributed by atoms with Crippen molar-refractivity contribution in [2.75, 3.05) is 5.32 Å². The van der Waals surface area contributed by atoms with Crippen LogP contribution in [-0.4, -0.2) is 27.6 Å². The fourth-order valence-electron chi connectivity index (χ4n) is 3.63. The molecular weight excluding hydrogens is 445 g/mol. The highest BCUT2D eigenvalue weighted by Crippen LogP contribution is 2.31. The summed E-state index contributed by atoms with van der Waals surface area (Å²) in [5, 5.41) is 3.11. The zero-order chi connectivity index (χ0) is 23.1. The number of carbonyl (C=O) groups excluding carboxylic acids is 3. The molecule has 0 spiro atoms. The molecule has 33 heavy (non-hydrogen) atoms. The molecule has 9 heteroatoms. The fourth-order valence-corrected chi connectivity index (χ4v) is 4.46. The number of hydrogen-bond acceptors (Lipinski definition) is 6. The van der Waals surface area contributed by atoms with Gasteiger partial charge in [-0.05, 0) is 61.5 Å². The van der Waals surface area contributed by atoms with Crippen LogP contribution in [0.15, 0.2) is 65.3 Å². The number of benzene rings is 2. The average Bonchev–Trinajstić information content (AvgIpc) is 3.51. The van der Waals surface area contributed by atoms with Gasteiger partial charge < -0.3 is 4.42 Å². The molecule has 5 rings (SSSR count). The van der Waals surface area contributed by atoms with Gasteiger partial charge in [0.1, 0.15) is 11.6 Å². The number of aromatic nitrogens is 1. The largest absolute Gasteiger partial charge is 0.467 e. The first-order valence-electron chi connectivity index (χ1n) is 9.98. The summed E-state index contributed by atoms with van der Waals surface area (Å²) in [6, 6.07) is 13.7. The number of halogens is 1. The Kier molecular flexibility index (Phi) is 5.10. The predicted octanol–water partition coefficient (Wildman–Crippen LogP) is 4.90. The number of nitrogens with zero attached hydrogens (tertiary/aromatic N) is 2. The maximum absolute atomic E-state index is 13.2. The predicted molar refractivity (Wildman–Crippen MR) is 120 cm³/mol. The van der Waals surface area contributed by atoms with E-state index >= 15 is 0 Å². The van der Waals surface area contributed by atoms with E-state index in [9.17, 15) is 18.8 Å². The lowest BCUT2D eigenvalue weighted by atomic mass is 10.1. The van der Waals surface area contributed by atoms with Crippen molar-refractivity contribution in [1.29, 1.82) is 0 Å². The fraction of sp³-hybridized carbons (Fsp3) is 0.0833. The molecule has 0 radical (unpaired) electrons. The van der Waals surface area contributed by atoms with Crippen LogP contribution >= 0.6 is 11.3 Å². The summed E-state index contributed by atoms with van der Waals surface area (Å²) in [5.74, 6) is -1.23. The van der Waals surface area contributed by atoms with Gasteiger partial charge in [0.2, 0.25) is 0 Å². The minimum Gasteiger partial charge on any atom is -0.467 e. The molecule has 1 aliphatic rings. The Balaban J connectivity index is 1.36. The van der Waals surface area contributed by atoms with Crippen molar-refractivity contribution in [3.05, 3.63) is 94.0 Å². The number of hydrogen-bond donors (Lipinski definition) is 1. The van der Waals surface area contributed by atoms with Crippen LogP contribution in [0.2, 0.25) is 0 Å². The maximum atomic E-state index is 13.2. The van der Waals surface area contributed by atoms with Crippen LogP contribution in [-0.2, 0) is 6.54 Å². The van der Waals surface area contributed by atoms with E-state index in [-0.39, 0.29) is 29.1 Å². The number of rotatable bonds is 5. The van der Waals surface area contributed by atoms with Crippen molar-refractivity contribution < 1.29 is 23.2 Å². The Morgan fingerprint density at radius 3 is 2.58 bits per heavy atom. The molecule has 1 aliphatic heterocycles. The molecular formula is C24H16FN3O4S. The SMILES string of the molecule is Cc1sc(NC(=O)c2ccc3c(c2)C(=O)N(Cc2ccco2)C3=O)nc1-c1ccc(F)cc1. The van der Waals surface area contributed by atoms with Gasteiger partial charge in [-0.2, -0.15) is 0 Å². The van der Waals surface area contributed by atoms with E-state index in [1.165, 1.54) is 47.9 Å².